The third kappa shape index (κ3) is 6.77. The molecule has 5 aliphatic heterocycles. The lowest BCUT2D eigenvalue weighted by Crippen LogP contribution is -2.74. The molecule has 314 valence electrons. The van der Waals surface area contributed by atoms with Gasteiger partial charge in [0, 0.05) is 110 Å². The lowest BCUT2D eigenvalue weighted by molar-refractivity contribution is -0.199. The number of nitrogens with zero attached hydrogens (tertiary/aromatic N) is 6. The second-order valence-corrected chi connectivity index (χ2v) is 19.0. The van der Waals surface area contributed by atoms with Gasteiger partial charge in [-0.25, -0.2) is 0 Å². The fourth-order valence-corrected chi connectivity index (χ4v) is 11.7. The van der Waals surface area contributed by atoms with Crippen LogP contribution in [0.15, 0.2) is 54.6 Å². The van der Waals surface area contributed by atoms with Crippen LogP contribution >= 0.6 is 11.6 Å². The molecular formula is C46H52ClN7O6. The molecule has 0 bridgehead atoms. The first-order chi connectivity index (χ1) is 28.6. The number of carbonyl (C=O) groups is 4. The van der Waals surface area contributed by atoms with Crippen LogP contribution in [0.3, 0.4) is 0 Å². The van der Waals surface area contributed by atoms with Crippen molar-refractivity contribution in [2.24, 2.45) is 16.7 Å². The summed E-state index contributed by atoms with van der Waals surface area (Å²) in [5, 5.41) is 23.1. The van der Waals surface area contributed by atoms with Crippen molar-refractivity contribution in [3.63, 3.8) is 0 Å². The maximum absolute atomic E-state index is 13.9. The molecule has 1 aliphatic carbocycles. The number of nitriles is 1. The normalized spacial score (nSPS) is 26.4. The topological polar surface area (TPSA) is 150 Å². The Kier molecular flexibility index (Phi) is 10.1. The van der Waals surface area contributed by atoms with Crippen molar-refractivity contribution in [3.05, 3.63) is 87.4 Å². The Labute approximate surface area is 355 Å². The summed E-state index contributed by atoms with van der Waals surface area (Å²) in [7, 11) is 0. The van der Waals surface area contributed by atoms with Crippen LogP contribution in [0.1, 0.15) is 97.0 Å². The maximum atomic E-state index is 13.9. The molecule has 9 rings (SSSR count). The average Bonchev–Trinajstić information content (AvgIpc) is 3.67. The highest BCUT2D eigenvalue weighted by Gasteiger charge is 2.67. The van der Waals surface area contributed by atoms with Crippen molar-refractivity contribution in [3.8, 4) is 11.8 Å². The number of fused-ring (bicyclic) bond motifs is 2. The number of piperidine rings is 2. The van der Waals surface area contributed by atoms with Gasteiger partial charge in [0.25, 0.3) is 11.8 Å². The molecule has 0 aromatic heterocycles. The molecule has 2 unspecified atom stereocenters. The Morgan fingerprint density at radius 3 is 2.17 bits per heavy atom. The van der Waals surface area contributed by atoms with E-state index in [9.17, 15) is 29.5 Å². The van der Waals surface area contributed by atoms with E-state index in [2.05, 4.69) is 65.9 Å². The van der Waals surface area contributed by atoms with Crippen molar-refractivity contribution >= 4 is 46.6 Å². The molecule has 2 N–H and O–H groups in total. The number of hydrogen-bond donors (Lipinski definition) is 2. The zero-order valence-electron chi connectivity index (χ0n) is 34.6. The number of aliphatic hydroxyl groups is 1. The maximum Gasteiger partial charge on any atom is 0.257 e. The van der Waals surface area contributed by atoms with Crippen LogP contribution in [0.25, 0.3) is 0 Å². The van der Waals surface area contributed by atoms with Crippen LogP contribution in [0.5, 0.6) is 5.75 Å². The highest BCUT2D eigenvalue weighted by molar-refractivity contribution is 6.31. The Bertz CT molecular complexity index is 2290. The van der Waals surface area contributed by atoms with E-state index >= 15 is 0 Å². The van der Waals surface area contributed by atoms with E-state index in [1.54, 1.807) is 24.3 Å². The number of aliphatic hydroxyl groups excluding tert-OH is 1. The van der Waals surface area contributed by atoms with E-state index in [1.807, 2.05) is 23.1 Å². The molecule has 3 saturated heterocycles. The van der Waals surface area contributed by atoms with Gasteiger partial charge in [0.05, 0.1) is 10.6 Å². The second kappa shape index (κ2) is 15.1. The van der Waals surface area contributed by atoms with E-state index in [0.29, 0.717) is 39.9 Å². The summed E-state index contributed by atoms with van der Waals surface area (Å²) < 4.78 is 6.51. The first kappa shape index (κ1) is 40.3. The van der Waals surface area contributed by atoms with Crippen LogP contribution in [-0.4, -0.2) is 107 Å². The third-order valence-corrected chi connectivity index (χ3v) is 14.4. The lowest BCUT2D eigenvalue weighted by Gasteiger charge is -2.65. The SMILES string of the molecule is CC1(C)C(Oc2ccc(C#N)c(Cl)c2)C(C)(C)C1N1Cc2cc(N3CCN(CC4CCN(c5ccc6c(c5)C(O)N(C5CCC(=O)NC5=O)C6=O)CC4)CC3)ccc2C1=O. The van der Waals surface area contributed by atoms with Gasteiger partial charge in [0.2, 0.25) is 11.8 Å². The Morgan fingerprint density at radius 1 is 0.833 bits per heavy atom. The standard InChI is InChI=1S/C46H52ClN7O6/c1-45(2)43(46(3,4)44(45)60-32-8-5-28(24-48)36(47)23-32)53-26-29-21-30(6-9-33(29)40(53)57)52-19-17-50(18-20-52)25-27-13-15-51(16-14-27)31-7-10-34-35(22-31)42(59)54(41(34)58)37-11-12-38(55)49-39(37)56/h5-10,21-23,27,37,42-44,59H,11-20,25-26H2,1-4H3,(H,49,55,56). The zero-order chi connectivity index (χ0) is 42.2. The largest absolute Gasteiger partial charge is 0.489 e. The quantitative estimate of drug-likeness (QED) is 0.285. The summed E-state index contributed by atoms with van der Waals surface area (Å²) in [6, 6.07) is 18.2. The zero-order valence-corrected chi connectivity index (χ0v) is 35.4. The lowest BCUT2D eigenvalue weighted by atomic mass is 9.49. The fourth-order valence-electron chi connectivity index (χ4n) is 11.5. The summed E-state index contributed by atoms with van der Waals surface area (Å²) in [6.07, 6.45) is 1.02. The minimum absolute atomic E-state index is 0.0348. The van der Waals surface area contributed by atoms with E-state index in [-0.39, 0.29) is 53.5 Å². The number of piperazine rings is 1. The number of rotatable bonds is 8. The first-order valence-corrected chi connectivity index (χ1v) is 21.5. The predicted molar refractivity (Wildman–Crippen MR) is 226 cm³/mol. The molecule has 5 heterocycles. The fraction of sp³-hybridized carbons (Fsp3) is 0.500. The number of benzene rings is 3. The summed E-state index contributed by atoms with van der Waals surface area (Å²) in [4.78, 5) is 61.9. The molecular weight excluding hydrogens is 782 g/mol. The van der Waals surface area contributed by atoms with Gasteiger partial charge < -0.3 is 24.5 Å². The van der Waals surface area contributed by atoms with Crippen molar-refractivity contribution in [2.75, 3.05) is 55.6 Å². The van der Waals surface area contributed by atoms with Gasteiger partial charge in [0.1, 0.15) is 24.0 Å². The molecule has 4 fully saturated rings. The molecule has 3 aromatic carbocycles. The van der Waals surface area contributed by atoms with E-state index in [0.717, 1.165) is 81.2 Å². The van der Waals surface area contributed by atoms with Crippen LogP contribution in [0.4, 0.5) is 11.4 Å². The molecule has 60 heavy (non-hydrogen) atoms. The smallest absolute Gasteiger partial charge is 0.257 e. The van der Waals surface area contributed by atoms with Crippen molar-refractivity contribution in [1.82, 2.24) is 20.0 Å². The number of ether oxygens (including phenoxy) is 1. The molecule has 3 aromatic rings. The molecule has 0 radical (unpaired) electrons. The molecule has 6 aliphatic rings. The van der Waals surface area contributed by atoms with Crippen molar-refractivity contribution < 1.29 is 29.0 Å². The molecule has 14 heteroatoms. The van der Waals surface area contributed by atoms with Gasteiger partial charge in [-0.1, -0.05) is 39.3 Å². The summed E-state index contributed by atoms with van der Waals surface area (Å²) >= 11 is 6.31. The van der Waals surface area contributed by atoms with Crippen LogP contribution in [0, 0.1) is 28.1 Å². The molecule has 0 spiro atoms. The van der Waals surface area contributed by atoms with Gasteiger partial charge in [-0.2, -0.15) is 5.26 Å². The highest BCUT2D eigenvalue weighted by atomic mass is 35.5. The summed E-state index contributed by atoms with van der Waals surface area (Å²) in [6.45, 7) is 15.8. The van der Waals surface area contributed by atoms with Crippen LogP contribution in [-0.2, 0) is 16.1 Å². The number of carbonyl (C=O) groups excluding carboxylic acids is 4. The molecule has 2 atom stereocenters. The molecule has 13 nitrogen and oxygen atoms in total. The number of imide groups is 1. The Morgan fingerprint density at radius 2 is 1.50 bits per heavy atom. The third-order valence-electron chi connectivity index (χ3n) is 14.1. The van der Waals surface area contributed by atoms with Crippen molar-refractivity contribution in [1.29, 1.82) is 5.26 Å². The predicted octanol–water partition coefficient (Wildman–Crippen LogP) is 5.34. The number of anilines is 2. The Balaban J connectivity index is 0.765. The Hall–Kier alpha value is -5.16. The second-order valence-electron chi connectivity index (χ2n) is 18.6. The van der Waals surface area contributed by atoms with E-state index in [4.69, 9.17) is 16.3 Å². The number of hydrogen-bond acceptors (Lipinski definition) is 10. The van der Waals surface area contributed by atoms with Crippen LogP contribution in [0.2, 0.25) is 5.02 Å². The van der Waals surface area contributed by atoms with E-state index < -0.39 is 18.2 Å². The van der Waals surface area contributed by atoms with Gasteiger partial charge in [-0.15, -0.1) is 0 Å². The number of amides is 4. The summed E-state index contributed by atoms with van der Waals surface area (Å²) in [5.41, 5.74) is 4.62. The average molecular weight is 834 g/mol. The van der Waals surface area contributed by atoms with Crippen LogP contribution < -0.4 is 19.9 Å². The van der Waals surface area contributed by atoms with Gasteiger partial charge >= 0.3 is 0 Å². The van der Waals surface area contributed by atoms with Gasteiger partial charge in [0.15, 0.2) is 6.23 Å². The highest BCUT2D eigenvalue weighted by Crippen LogP contribution is 2.59. The van der Waals surface area contributed by atoms with Gasteiger partial charge in [-0.05, 0) is 79.3 Å². The minimum atomic E-state index is -1.23. The van der Waals surface area contributed by atoms with E-state index in [1.165, 1.54) is 4.90 Å². The number of nitrogens with one attached hydrogen (secondary N) is 1. The molecule has 1 saturated carbocycles. The summed E-state index contributed by atoms with van der Waals surface area (Å²) in [5.74, 6) is -0.0363. The molecule has 4 amide bonds. The minimum Gasteiger partial charge on any atom is -0.489 e. The first-order valence-electron chi connectivity index (χ1n) is 21.2. The monoisotopic (exact) mass is 833 g/mol. The van der Waals surface area contributed by atoms with Crippen molar-refractivity contribution in [2.45, 2.75) is 84.3 Å². The van der Waals surface area contributed by atoms with Gasteiger partial charge in [-0.3, -0.25) is 34.3 Å². The number of halogens is 1.